The molecule has 0 atom stereocenters. The van der Waals surface area contributed by atoms with Crippen molar-refractivity contribution in [1.29, 1.82) is 0 Å². The quantitative estimate of drug-likeness (QED) is 0.902. The van der Waals surface area contributed by atoms with Crippen LogP contribution in [0.1, 0.15) is 15.9 Å². The number of nitrogens with two attached hydrogens (primary N) is 1. The predicted molar refractivity (Wildman–Crippen MR) is 72.4 cm³/mol. The summed E-state index contributed by atoms with van der Waals surface area (Å²) in [5, 5.41) is 9.49. The third-order valence-electron chi connectivity index (χ3n) is 2.58. The molecule has 0 fully saturated rings. The zero-order valence-corrected chi connectivity index (χ0v) is 10.7. The van der Waals surface area contributed by atoms with E-state index in [1.54, 1.807) is 30.3 Å². The van der Waals surface area contributed by atoms with Gasteiger partial charge in [0.15, 0.2) is 0 Å². The van der Waals surface area contributed by atoms with E-state index in [-0.39, 0.29) is 11.6 Å². The molecule has 0 aromatic heterocycles. The molecule has 0 bridgehead atoms. The van der Waals surface area contributed by atoms with E-state index in [0.29, 0.717) is 22.6 Å². The Morgan fingerprint density at radius 1 is 1.21 bits per heavy atom. The van der Waals surface area contributed by atoms with Gasteiger partial charge in [0.1, 0.15) is 11.5 Å². The molecule has 0 unspecified atom stereocenters. The maximum atomic E-state index is 11.0. The molecule has 19 heavy (non-hydrogen) atoms. The lowest BCUT2D eigenvalue weighted by Crippen LogP contribution is -2.10. The van der Waals surface area contributed by atoms with E-state index in [1.165, 1.54) is 12.1 Å². The van der Waals surface area contributed by atoms with Gasteiger partial charge >= 0.3 is 0 Å². The number of halogens is 1. The van der Waals surface area contributed by atoms with E-state index >= 15 is 0 Å². The van der Waals surface area contributed by atoms with Crippen molar-refractivity contribution in [3.63, 3.8) is 0 Å². The number of rotatable bonds is 4. The second-order valence-electron chi connectivity index (χ2n) is 3.88. The maximum absolute atomic E-state index is 11.0. The van der Waals surface area contributed by atoms with Crippen LogP contribution in [-0.4, -0.2) is 11.0 Å². The van der Waals surface area contributed by atoms with Gasteiger partial charge in [0.2, 0.25) is 5.91 Å². The van der Waals surface area contributed by atoms with E-state index in [4.69, 9.17) is 22.1 Å². The van der Waals surface area contributed by atoms with Crippen molar-refractivity contribution in [2.75, 3.05) is 0 Å². The minimum Gasteiger partial charge on any atom is -0.455 e. The number of para-hydroxylation sites is 1. The van der Waals surface area contributed by atoms with Crippen molar-refractivity contribution in [1.82, 2.24) is 0 Å². The van der Waals surface area contributed by atoms with Gasteiger partial charge < -0.3 is 15.6 Å². The number of benzene rings is 2. The molecule has 2 aromatic carbocycles. The zero-order chi connectivity index (χ0) is 13.8. The highest BCUT2D eigenvalue weighted by atomic mass is 35.5. The molecular weight excluding hydrogens is 266 g/mol. The number of carbonyl (C=O) groups is 1. The minimum atomic E-state index is -0.552. The molecule has 0 aliphatic heterocycles. The third-order valence-corrected chi connectivity index (χ3v) is 2.87. The van der Waals surface area contributed by atoms with E-state index in [0.717, 1.165) is 0 Å². The number of amides is 1. The Morgan fingerprint density at radius 3 is 2.58 bits per heavy atom. The summed E-state index contributed by atoms with van der Waals surface area (Å²) in [5.41, 5.74) is 6.12. The van der Waals surface area contributed by atoms with Crippen LogP contribution in [0.5, 0.6) is 11.5 Å². The van der Waals surface area contributed by atoms with Gasteiger partial charge in [-0.15, -0.1) is 0 Å². The van der Waals surface area contributed by atoms with Crippen LogP contribution in [0.2, 0.25) is 5.02 Å². The molecule has 0 radical (unpaired) electrons. The molecule has 2 rings (SSSR count). The van der Waals surface area contributed by atoms with Crippen LogP contribution in [0.15, 0.2) is 42.5 Å². The number of aliphatic hydroxyl groups is 1. The van der Waals surface area contributed by atoms with Crippen molar-refractivity contribution in [2.45, 2.75) is 6.61 Å². The number of hydrogen-bond acceptors (Lipinski definition) is 3. The van der Waals surface area contributed by atoms with Gasteiger partial charge in [0, 0.05) is 11.1 Å². The molecule has 98 valence electrons. The summed E-state index contributed by atoms with van der Waals surface area (Å²) in [4.78, 5) is 11.0. The van der Waals surface area contributed by atoms with Crippen LogP contribution >= 0.6 is 11.6 Å². The molecule has 2 aromatic rings. The first-order valence-electron chi connectivity index (χ1n) is 5.58. The monoisotopic (exact) mass is 277 g/mol. The highest BCUT2D eigenvalue weighted by molar-refractivity contribution is 6.32. The van der Waals surface area contributed by atoms with Gasteiger partial charge in [0.25, 0.3) is 0 Å². The molecular formula is C14H12ClNO3. The maximum Gasteiger partial charge on any atom is 0.248 e. The van der Waals surface area contributed by atoms with Crippen LogP contribution in [-0.2, 0) is 6.61 Å². The van der Waals surface area contributed by atoms with Gasteiger partial charge in [-0.1, -0.05) is 29.8 Å². The second kappa shape index (κ2) is 5.73. The van der Waals surface area contributed by atoms with Crippen LogP contribution in [0.4, 0.5) is 0 Å². The molecule has 0 aliphatic carbocycles. The average Bonchev–Trinajstić information content (AvgIpc) is 2.41. The summed E-state index contributed by atoms with van der Waals surface area (Å²) in [6, 6.07) is 11.6. The summed E-state index contributed by atoms with van der Waals surface area (Å²) < 4.78 is 5.62. The number of primary amides is 1. The smallest absolute Gasteiger partial charge is 0.248 e. The lowest BCUT2D eigenvalue weighted by molar-refractivity contribution is 0.100. The summed E-state index contributed by atoms with van der Waals surface area (Å²) in [6.07, 6.45) is 0. The Morgan fingerprint density at radius 2 is 1.95 bits per heavy atom. The zero-order valence-electron chi connectivity index (χ0n) is 9.97. The van der Waals surface area contributed by atoms with Gasteiger partial charge in [-0.3, -0.25) is 4.79 Å². The topological polar surface area (TPSA) is 72.6 Å². The molecule has 1 amide bonds. The fraction of sp³-hybridized carbons (Fsp3) is 0.0714. The molecule has 0 heterocycles. The number of carbonyl (C=O) groups excluding carboxylic acids is 1. The molecule has 0 aliphatic rings. The first kappa shape index (κ1) is 13.4. The lowest BCUT2D eigenvalue weighted by Gasteiger charge is -2.11. The Bertz CT molecular complexity index is 613. The normalized spacial score (nSPS) is 10.2. The number of ether oxygens (including phenoxy) is 1. The Labute approximate surface area is 115 Å². The van der Waals surface area contributed by atoms with E-state index in [2.05, 4.69) is 0 Å². The molecule has 0 saturated heterocycles. The van der Waals surface area contributed by atoms with Gasteiger partial charge in [-0.05, 0) is 24.3 Å². The summed E-state index contributed by atoms with van der Waals surface area (Å²) in [6.45, 7) is -0.132. The average molecular weight is 278 g/mol. The van der Waals surface area contributed by atoms with Crippen LogP contribution in [0.25, 0.3) is 0 Å². The first-order valence-corrected chi connectivity index (χ1v) is 5.95. The lowest BCUT2D eigenvalue weighted by atomic mass is 10.2. The van der Waals surface area contributed by atoms with Crippen LogP contribution < -0.4 is 10.5 Å². The van der Waals surface area contributed by atoms with E-state index < -0.39 is 5.91 Å². The Balaban J connectivity index is 2.31. The van der Waals surface area contributed by atoms with Crippen molar-refractivity contribution >= 4 is 17.5 Å². The molecule has 0 spiro atoms. The van der Waals surface area contributed by atoms with Crippen molar-refractivity contribution in [3.05, 3.63) is 58.6 Å². The Kier molecular flexibility index (Phi) is 4.04. The molecule has 3 N–H and O–H groups in total. The van der Waals surface area contributed by atoms with Gasteiger partial charge in [0.05, 0.1) is 11.6 Å². The molecule has 5 heteroatoms. The Hall–Kier alpha value is -2.04. The first-order chi connectivity index (χ1) is 9.11. The minimum absolute atomic E-state index is 0.132. The fourth-order valence-electron chi connectivity index (χ4n) is 1.59. The summed E-state index contributed by atoms with van der Waals surface area (Å²) >= 11 is 6.02. The largest absolute Gasteiger partial charge is 0.455 e. The fourth-order valence-corrected chi connectivity index (χ4v) is 1.81. The number of aliphatic hydroxyl groups excluding tert-OH is 1. The van der Waals surface area contributed by atoms with Crippen LogP contribution in [0.3, 0.4) is 0 Å². The third kappa shape index (κ3) is 3.05. The van der Waals surface area contributed by atoms with Crippen LogP contribution in [0, 0.1) is 0 Å². The summed E-state index contributed by atoms with van der Waals surface area (Å²) in [5.74, 6) is 0.357. The van der Waals surface area contributed by atoms with E-state index in [9.17, 15) is 9.90 Å². The van der Waals surface area contributed by atoms with Crippen molar-refractivity contribution < 1.29 is 14.6 Å². The highest BCUT2D eigenvalue weighted by Crippen LogP contribution is 2.31. The number of hydrogen-bond donors (Lipinski definition) is 2. The highest BCUT2D eigenvalue weighted by Gasteiger charge is 2.09. The predicted octanol–water partition coefficient (Wildman–Crippen LogP) is 2.72. The second-order valence-corrected chi connectivity index (χ2v) is 4.28. The van der Waals surface area contributed by atoms with Crippen molar-refractivity contribution in [3.8, 4) is 11.5 Å². The molecule has 4 nitrogen and oxygen atoms in total. The van der Waals surface area contributed by atoms with Gasteiger partial charge in [-0.2, -0.15) is 0 Å². The standard InChI is InChI=1S/C14H12ClNO3/c15-11-7-9(14(16)18)5-6-13(11)19-12-4-2-1-3-10(12)8-17/h1-7,17H,8H2,(H2,16,18). The SMILES string of the molecule is NC(=O)c1ccc(Oc2ccccc2CO)c(Cl)c1. The van der Waals surface area contributed by atoms with Gasteiger partial charge in [-0.25, -0.2) is 0 Å². The van der Waals surface area contributed by atoms with E-state index in [1.807, 2.05) is 0 Å². The summed E-state index contributed by atoms with van der Waals surface area (Å²) in [7, 11) is 0. The van der Waals surface area contributed by atoms with Crippen molar-refractivity contribution in [2.24, 2.45) is 5.73 Å². The molecule has 0 saturated carbocycles.